The smallest absolute Gasteiger partial charge is 0.0303 e. The van der Waals surface area contributed by atoms with Crippen molar-refractivity contribution in [3.8, 4) is 0 Å². The van der Waals surface area contributed by atoms with Gasteiger partial charge in [0.25, 0.3) is 0 Å². The Bertz CT molecular complexity index is 317. The molecule has 0 aromatic carbocycles. The Morgan fingerprint density at radius 2 is 2.24 bits per heavy atom. The van der Waals surface area contributed by atoms with Gasteiger partial charge in [0, 0.05) is 24.9 Å². The van der Waals surface area contributed by atoms with E-state index >= 15 is 0 Å². The van der Waals surface area contributed by atoms with Crippen LogP contribution in [0.5, 0.6) is 0 Å². The summed E-state index contributed by atoms with van der Waals surface area (Å²) in [5, 5.41) is 3.33. The molecule has 2 heterocycles. The van der Waals surface area contributed by atoms with Gasteiger partial charge in [0.05, 0.1) is 0 Å². The average Bonchev–Trinajstić information content (AvgIpc) is 2.38. The van der Waals surface area contributed by atoms with Crippen LogP contribution in [0.3, 0.4) is 0 Å². The molecule has 1 aromatic rings. The molecule has 1 unspecified atom stereocenters. The molecule has 0 saturated carbocycles. The van der Waals surface area contributed by atoms with Gasteiger partial charge >= 0.3 is 0 Å². The summed E-state index contributed by atoms with van der Waals surface area (Å²) >= 11 is 0. The summed E-state index contributed by atoms with van der Waals surface area (Å²) in [6, 6.07) is 4.26. The fourth-order valence-corrected chi connectivity index (χ4v) is 2.80. The highest BCUT2D eigenvalue weighted by atomic mass is 15.1. The van der Waals surface area contributed by atoms with Crippen LogP contribution in [0.4, 0.5) is 0 Å². The Labute approximate surface area is 104 Å². The molecule has 1 saturated heterocycles. The number of likely N-dealkylation sites (tertiary alicyclic amines) is 1. The predicted octanol–water partition coefficient (Wildman–Crippen LogP) is 1.73. The van der Waals surface area contributed by atoms with Gasteiger partial charge in [-0.2, -0.15) is 0 Å². The van der Waals surface area contributed by atoms with E-state index in [0.717, 1.165) is 12.5 Å². The van der Waals surface area contributed by atoms with E-state index in [2.05, 4.69) is 28.3 Å². The molecule has 1 aliphatic rings. The number of nitrogens with zero attached hydrogens (tertiary/aromatic N) is 2. The number of rotatable bonds is 4. The van der Waals surface area contributed by atoms with E-state index < -0.39 is 0 Å². The first-order chi connectivity index (χ1) is 8.31. The maximum absolute atomic E-state index is 4.26. The van der Waals surface area contributed by atoms with Crippen molar-refractivity contribution in [3.05, 3.63) is 30.1 Å². The van der Waals surface area contributed by atoms with Crippen LogP contribution in [0.15, 0.2) is 24.5 Å². The summed E-state index contributed by atoms with van der Waals surface area (Å²) in [5.41, 5.74) is 1.39. The third-order valence-electron chi connectivity index (χ3n) is 3.87. The molecule has 0 amide bonds. The third-order valence-corrected chi connectivity index (χ3v) is 3.87. The second-order valence-electron chi connectivity index (χ2n) is 5.09. The molecule has 3 nitrogen and oxygen atoms in total. The second kappa shape index (κ2) is 6.12. The minimum absolute atomic E-state index is 0.613. The van der Waals surface area contributed by atoms with Crippen molar-refractivity contribution in [2.75, 3.05) is 33.7 Å². The molecule has 1 fully saturated rings. The minimum atomic E-state index is 0.613. The van der Waals surface area contributed by atoms with Crippen LogP contribution in [-0.2, 0) is 0 Å². The van der Waals surface area contributed by atoms with Crippen molar-refractivity contribution in [3.63, 3.8) is 0 Å². The summed E-state index contributed by atoms with van der Waals surface area (Å²) in [6.07, 6.45) is 6.49. The fraction of sp³-hybridized carbons (Fsp3) is 0.643. The summed E-state index contributed by atoms with van der Waals surface area (Å²) in [4.78, 5) is 6.69. The quantitative estimate of drug-likeness (QED) is 0.858. The van der Waals surface area contributed by atoms with Gasteiger partial charge in [0.1, 0.15) is 0 Å². The van der Waals surface area contributed by atoms with Crippen molar-refractivity contribution in [2.45, 2.75) is 18.8 Å². The Balaban J connectivity index is 2.07. The number of aromatic nitrogens is 1. The number of hydrogen-bond donors (Lipinski definition) is 1. The topological polar surface area (TPSA) is 28.2 Å². The standard InChI is InChI=1S/C14H23N3/c1-15-11-14(13-4-3-7-16-10-13)12-5-8-17(2)9-6-12/h3-4,7,10,12,14-15H,5-6,8-9,11H2,1-2H3. The van der Waals surface area contributed by atoms with Gasteiger partial charge in [-0.15, -0.1) is 0 Å². The van der Waals surface area contributed by atoms with E-state index in [-0.39, 0.29) is 0 Å². The monoisotopic (exact) mass is 233 g/mol. The largest absolute Gasteiger partial charge is 0.319 e. The van der Waals surface area contributed by atoms with Crippen molar-refractivity contribution >= 4 is 0 Å². The van der Waals surface area contributed by atoms with Crippen molar-refractivity contribution in [1.82, 2.24) is 15.2 Å². The minimum Gasteiger partial charge on any atom is -0.319 e. The van der Waals surface area contributed by atoms with E-state index in [1.807, 2.05) is 25.5 Å². The molecular formula is C14H23N3. The van der Waals surface area contributed by atoms with Gasteiger partial charge in [0.2, 0.25) is 0 Å². The Kier molecular flexibility index (Phi) is 4.51. The predicted molar refractivity (Wildman–Crippen MR) is 71.1 cm³/mol. The molecule has 0 spiro atoms. The molecular weight excluding hydrogens is 210 g/mol. The zero-order valence-electron chi connectivity index (χ0n) is 10.9. The lowest BCUT2D eigenvalue weighted by molar-refractivity contribution is 0.196. The molecule has 94 valence electrons. The highest BCUT2D eigenvalue weighted by Gasteiger charge is 2.26. The van der Waals surface area contributed by atoms with Gasteiger partial charge in [0.15, 0.2) is 0 Å². The molecule has 1 aromatic heterocycles. The van der Waals surface area contributed by atoms with Crippen LogP contribution < -0.4 is 5.32 Å². The molecule has 3 heteroatoms. The zero-order chi connectivity index (χ0) is 12.1. The maximum Gasteiger partial charge on any atom is 0.0303 e. The molecule has 0 aliphatic carbocycles. The summed E-state index contributed by atoms with van der Waals surface area (Å²) < 4.78 is 0. The summed E-state index contributed by atoms with van der Waals surface area (Å²) in [5.74, 6) is 1.41. The first-order valence-electron chi connectivity index (χ1n) is 6.54. The number of nitrogens with one attached hydrogen (secondary N) is 1. The SMILES string of the molecule is CNCC(c1cccnc1)C1CCN(C)CC1. The van der Waals surface area contributed by atoms with E-state index in [4.69, 9.17) is 0 Å². The normalized spacial score (nSPS) is 20.4. The number of likely N-dealkylation sites (N-methyl/N-ethyl adjacent to an activating group) is 1. The number of piperidine rings is 1. The van der Waals surface area contributed by atoms with E-state index in [1.54, 1.807) is 0 Å². The molecule has 0 radical (unpaired) electrons. The first-order valence-corrected chi connectivity index (χ1v) is 6.54. The summed E-state index contributed by atoms with van der Waals surface area (Å²) in [7, 11) is 4.26. The van der Waals surface area contributed by atoms with Gasteiger partial charge in [-0.25, -0.2) is 0 Å². The van der Waals surface area contributed by atoms with Crippen LogP contribution in [0.2, 0.25) is 0 Å². The maximum atomic E-state index is 4.26. The summed E-state index contributed by atoms with van der Waals surface area (Å²) in [6.45, 7) is 3.51. The van der Waals surface area contributed by atoms with Gasteiger partial charge in [-0.1, -0.05) is 6.07 Å². The van der Waals surface area contributed by atoms with Crippen LogP contribution in [0.1, 0.15) is 24.3 Å². The van der Waals surface area contributed by atoms with E-state index in [1.165, 1.54) is 31.5 Å². The average molecular weight is 233 g/mol. The molecule has 2 rings (SSSR count). The third kappa shape index (κ3) is 3.27. The number of pyridine rings is 1. The van der Waals surface area contributed by atoms with Crippen LogP contribution in [0.25, 0.3) is 0 Å². The van der Waals surface area contributed by atoms with E-state index in [9.17, 15) is 0 Å². The van der Waals surface area contributed by atoms with Crippen molar-refractivity contribution in [2.24, 2.45) is 5.92 Å². The van der Waals surface area contributed by atoms with Crippen LogP contribution in [-0.4, -0.2) is 43.6 Å². The molecule has 1 aliphatic heterocycles. The highest BCUT2D eigenvalue weighted by Crippen LogP contribution is 2.31. The molecule has 1 N–H and O–H groups in total. The van der Waals surface area contributed by atoms with Gasteiger partial charge in [-0.05, 0) is 57.6 Å². The fourth-order valence-electron chi connectivity index (χ4n) is 2.80. The lowest BCUT2D eigenvalue weighted by atomic mass is 9.80. The zero-order valence-corrected chi connectivity index (χ0v) is 10.9. The second-order valence-corrected chi connectivity index (χ2v) is 5.09. The van der Waals surface area contributed by atoms with Crippen LogP contribution in [0, 0.1) is 5.92 Å². The van der Waals surface area contributed by atoms with Crippen LogP contribution >= 0.6 is 0 Å². The van der Waals surface area contributed by atoms with Gasteiger partial charge < -0.3 is 10.2 Å². The molecule has 0 bridgehead atoms. The Morgan fingerprint density at radius 3 is 2.82 bits per heavy atom. The molecule has 1 atom stereocenters. The lowest BCUT2D eigenvalue weighted by Gasteiger charge is -2.34. The number of hydrogen-bond acceptors (Lipinski definition) is 3. The lowest BCUT2D eigenvalue weighted by Crippen LogP contribution is -2.35. The highest BCUT2D eigenvalue weighted by molar-refractivity contribution is 5.16. The Morgan fingerprint density at radius 1 is 1.47 bits per heavy atom. The van der Waals surface area contributed by atoms with Crippen molar-refractivity contribution < 1.29 is 0 Å². The first kappa shape index (κ1) is 12.5. The Hall–Kier alpha value is -0.930. The van der Waals surface area contributed by atoms with Crippen molar-refractivity contribution in [1.29, 1.82) is 0 Å². The van der Waals surface area contributed by atoms with E-state index in [0.29, 0.717) is 5.92 Å². The molecule has 17 heavy (non-hydrogen) atoms. The van der Waals surface area contributed by atoms with Gasteiger partial charge in [-0.3, -0.25) is 4.98 Å².